The lowest BCUT2D eigenvalue weighted by Crippen LogP contribution is -2.11. The second-order valence-corrected chi connectivity index (χ2v) is 5.99. The molecule has 1 amide bonds. The number of carbonyl (C=O) groups is 1. The fraction of sp³-hybridized carbons (Fsp3) is 0.100. The van der Waals surface area contributed by atoms with Crippen LogP contribution in [0.25, 0.3) is 0 Å². The van der Waals surface area contributed by atoms with Gasteiger partial charge in [0.1, 0.15) is 0 Å². The molecule has 0 aliphatic heterocycles. The monoisotopic (exact) mass is 390 g/mol. The Morgan fingerprint density at radius 2 is 2.11 bits per heavy atom. The molecule has 2 rings (SSSR count). The minimum Gasteiger partial charge on any atom is -0.363 e. The van der Waals surface area contributed by atoms with Crippen molar-refractivity contribution in [2.75, 3.05) is 17.7 Å². The Kier molecular flexibility index (Phi) is 4.31. The highest BCUT2D eigenvalue weighted by atomic mass is 79.9. The third kappa shape index (κ3) is 3.06. The summed E-state index contributed by atoms with van der Waals surface area (Å²) in [5, 5.41) is 14.1. The van der Waals surface area contributed by atoms with Gasteiger partial charge in [0.15, 0.2) is 0 Å². The second-order valence-electron chi connectivity index (χ2n) is 3.24. The lowest BCUT2D eigenvalue weighted by Gasteiger charge is -2.05. The third-order valence-corrected chi connectivity index (χ3v) is 4.10. The van der Waals surface area contributed by atoms with Crippen molar-refractivity contribution in [3.63, 3.8) is 0 Å². The van der Waals surface area contributed by atoms with Crippen molar-refractivity contribution in [1.82, 2.24) is 10.2 Å². The first-order chi connectivity index (χ1) is 8.60. The van der Waals surface area contributed by atoms with Gasteiger partial charge in [0.05, 0.1) is 5.69 Å². The molecule has 0 spiro atoms. The molecule has 0 saturated heterocycles. The molecule has 0 aliphatic rings. The summed E-state index contributed by atoms with van der Waals surface area (Å²) in [6.45, 7) is 0. The zero-order valence-corrected chi connectivity index (χ0v) is 13.2. The molecular formula is C10H8Br2N4OS. The van der Waals surface area contributed by atoms with E-state index in [9.17, 15) is 4.79 Å². The predicted octanol–water partition coefficient (Wildman–Crippen LogP) is 3.36. The normalized spacial score (nSPS) is 10.2. The van der Waals surface area contributed by atoms with Crippen molar-refractivity contribution in [2.45, 2.75) is 0 Å². The number of nitrogens with zero attached hydrogens (tertiary/aromatic N) is 2. The predicted molar refractivity (Wildman–Crippen MR) is 79.3 cm³/mol. The van der Waals surface area contributed by atoms with Crippen molar-refractivity contribution >= 4 is 59.9 Å². The molecule has 2 N–H and O–H groups in total. The molecule has 1 aromatic carbocycles. The molecule has 8 heteroatoms. The van der Waals surface area contributed by atoms with Gasteiger partial charge in [-0.05, 0) is 34.1 Å². The standard InChI is InChI=1S/C10H8Br2N4OS/c1-13-10-16-15-9(18-10)8(17)14-7-3-2-5(11)4-6(7)12/h2-4H,1H3,(H,13,16)(H,14,17). The van der Waals surface area contributed by atoms with Crippen LogP contribution in [0, 0.1) is 0 Å². The van der Waals surface area contributed by atoms with Gasteiger partial charge in [-0.25, -0.2) is 0 Å². The van der Waals surface area contributed by atoms with Crippen LogP contribution in [0.3, 0.4) is 0 Å². The van der Waals surface area contributed by atoms with E-state index in [4.69, 9.17) is 0 Å². The second kappa shape index (κ2) is 5.77. The molecule has 0 aliphatic carbocycles. The largest absolute Gasteiger partial charge is 0.363 e. The van der Waals surface area contributed by atoms with Crippen molar-refractivity contribution in [3.8, 4) is 0 Å². The Labute approximate surface area is 124 Å². The van der Waals surface area contributed by atoms with E-state index < -0.39 is 0 Å². The SMILES string of the molecule is CNc1nnc(C(=O)Nc2ccc(Br)cc2Br)s1. The maximum atomic E-state index is 11.9. The van der Waals surface area contributed by atoms with Gasteiger partial charge in [-0.1, -0.05) is 27.3 Å². The molecule has 0 fully saturated rings. The Balaban J connectivity index is 2.16. The Morgan fingerprint density at radius 1 is 1.33 bits per heavy atom. The highest BCUT2D eigenvalue weighted by Gasteiger charge is 2.13. The molecule has 94 valence electrons. The zero-order valence-electron chi connectivity index (χ0n) is 9.20. The molecule has 0 saturated carbocycles. The molecule has 0 atom stereocenters. The number of aromatic nitrogens is 2. The van der Waals surface area contributed by atoms with E-state index in [2.05, 4.69) is 52.7 Å². The van der Waals surface area contributed by atoms with E-state index in [1.807, 2.05) is 12.1 Å². The summed E-state index contributed by atoms with van der Waals surface area (Å²) in [4.78, 5) is 11.9. The van der Waals surface area contributed by atoms with Gasteiger partial charge in [-0.2, -0.15) is 0 Å². The highest BCUT2D eigenvalue weighted by molar-refractivity contribution is 9.11. The number of carbonyl (C=O) groups excluding carboxylic acids is 1. The molecule has 18 heavy (non-hydrogen) atoms. The molecule has 0 unspecified atom stereocenters. The van der Waals surface area contributed by atoms with E-state index >= 15 is 0 Å². The van der Waals surface area contributed by atoms with E-state index in [0.717, 1.165) is 8.95 Å². The average Bonchev–Trinajstić information content (AvgIpc) is 2.81. The summed E-state index contributed by atoms with van der Waals surface area (Å²) in [6.07, 6.45) is 0. The van der Waals surface area contributed by atoms with Crippen LogP contribution in [-0.2, 0) is 0 Å². The maximum absolute atomic E-state index is 11.9. The van der Waals surface area contributed by atoms with Crippen LogP contribution in [-0.4, -0.2) is 23.2 Å². The topological polar surface area (TPSA) is 66.9 Å². The van der Waals surface area contributed by atoms with E-state index in [0.29, 0.717) is 15.8 Å². The summed E-state index contributed by atoms with van der Waals surface area (Å²) in [7, 11) is 1.73. The number of benzene rings is 1. The minimum absolute atomic E-state index is 0.281. The van der Waals surface area contributed by atoms with E-state index in [1.54, 1.807) is 13.1 Å². The number of hydrogen-bond donors (Lipinski definition) is 2. The van der Waals surface area contributed by atoms with Crippen LogP contribution < -0.4 is 10.6 Å². The van der Waals surface area contributed by atoms with Gasteiger partial charge in [0.25, 0.3) is 5.91 Å². The van der Waals surface area contributed by atoms with Gasteiger partial charge >= 0.3 is 0 Å². The summed E-state index contributed by atoms with van der Waals surface area (Å²) in [5.74, 6) is -0.281. The molecule has 5 nitrogen and oxygen atoms in total. The number of nitrogens with one attached hydrogen (secondary N) is 2. The van der Waals surface area contributed by atoms with Crippen molar-refractivity contribution in [2.24, 2.45) is 0 Å². The van der Waals surface area contributed by atoms with Crippen LogP contribution in [0.2, 0.25) is 0 Å². The third-order valence-electron chi connectivity index (χ3n) is 2.01. The van der Waals surface area contributed by atoms with Crippen LogP contribution >= 0.6 is 43.2 Å². The Morgan fingerprint density at radius 3 is 2.72 bits per heavy atom. The molecule has 2 aromatic rings. The van der Waals surface area contributed by atoms with E-state index in [-0.39, 0.29) is 5.91 Å². The van der Waals surface area contributed by atoms with Crippen LogP contribution in [0.5, 0.6) is 0 Å². The molecule has 0 radical (unpaired) electrons. The quantitative estimate of drug-likeness (QED) is 0.841. The van der Waals surface area contributed by atoms with Gasteiger partial charge < -0.3 is 10.6 Å². The lowest BCUT2D eigenvalue weighted by molar-refractivity contribution is 0.102. The summed E-state index contributed by atoms with van der Waals surface area (Å²) >= 11 is 7.93. The molecule has 1 heterocycles. The van der Waals surface area contributed by atoms with Crippen molar-refractivity contribution in [1.29, 1.82) is 0 Å². The first kappa shape index (κ1) is 13.4. The molecule has 0 bridgehead atoms. The number of anilines is 2. The number of rotatable bonds is 3. The van der Waals surface area contributed by atoms with Gasteiger partial charge in [-0.15, -0.1) is 10.2 Å². The Bertz CT molecular complexity index is 587. The van der Waals surface area contributed by atoms with Gasteiger partial charge in [0.2, 0.25) is 10.1 Å². The van der Waals surface area contributed by atoms with Gasteiger partial charge in [0, 0.05) is 16.0 Å². The van der Waals surface area contributed by atoms with Crippen molar-refractivity contribution < 1.29 is 4.79 Å². The average molecular weight is 392 g/mol. The van der Waals surface area contributed by atoms with E-state index in [1.165, 1.54) is 11.3 Å². The van der Waals surface area contributed by atoms with Crippen LogP contribution in [0.4, 0.5) is 10.8 Å². The number of amides is 1. The highest BCUT2D eigenvalue weighted by Crippen LogP contribution is 2.27. The maximum Gasteiger partial charge on any atom is 0.286 e. The lowest BCUT2D eigenvalue weighted by atomic mass is 10.3. The fourth-order valence-corrected chi connectivity index (χ4v) is 2.92. The molecule has 1 aromatic heterocycles. The minimum atomic E-state index is -0.281. The smallest absolute Gasteiger partial charge is 0.286 e. The van der Waals surface area contributed by atoms with Crippen LogP contribution in [0.15, 0.2) is 27.1 Å². The van der Waals surface area contributed by atoms with Crippen molar-refractivity contribution in [3.05, 3.63) is 32.2 Å². The zero-order chi connectivity index (χ0) is 13.1. The summed E-state index contributed by atoms with van der Waals surface area (Å²) in [6, 6.07) is 5.50. The number of hydrogen-bond acceptors (Lipinski definition) is 5. The molecular weight excluding hydrogens is 384 g/mol. The number of halogens is 2. The first-order valence-corrected chi connectivity index (χ1v) is 7.28. The van der Waals surface area contributed by atoms with Crippen LogP contribution in [0.1, 0.15) is 9.80 Å². The van der Waals surface area contributed by atoms with Gasteiger partial charge in [-0.3, -0.25) is 4.79 Å². The first-order valence-electron chi connectivity index (χ1n) is 4.88. The fourth-order valence-electron chi connectivity index (χ4n) is 1.18. The Hall–Kier alpha value is -0.990. The summed E-state index contributed by atoms with van der Waals surface area (Å²) in [5.41, 5.74) is 0.685. The summed E-state index contributed by atoms with van der Waals surface area (Å²) < 4.78 is 1.73.